The summed E-state index contributed by atoms with van der Waals surface area (Å²) in [5, 5.41) is 8.50. The maximum Gasteiger partial charge on any atom is 0.303 e. The molecule has 1 N–H and O–H groups in total. The molecule has 4 nitrogen and oxygen atoms in total. The van der Waals surface area contributed by atoms with Crippen molar-refractivity contribution in [3.63, 3.8) is 0 Å². The maximum atomic E-state index is 11.7. The van der Waals surface area contributed by atoms with Crippen LogP contribution in [0.3, 0.4) is 0 Å². The number of rotatable bonds is 9. The van der Waals surface area contributed by atoms with Crippen LogP contribution in [0.15, 0.2) is 24.3 Å². The summed E-state index contributed by atoms with van der Waals surface area (Å²) in [5.41, 5.74) is 0.621. The third-order valence-electron chi connectivity index (χ3n) is 2.80. The molecule has 1 aromatic rings. The van der Waals surface area contributed by atoms with Gasteiger partial charge in [-0.3, -0.25) is 9.59 Å². The Kier molecular flexibility index (Phi) is 6.64. The molecule has 0 bridgehead atoms. The van der Waals surface area contributed by atoms with Gasteiger partial charge in [0.05, 0.1) is 12.2 Å². The van der Waals surface area contributed by atoms with Crippen LogP contribution in [0.4, 0.5) is 0 Å². The van der Waals surface area contributed by atoms with Gasteiger partial charge >= 0.3 is 5.97 Å². The minimum atomic E-state index is -0.764. The lowest BCUT2D eigenvalue weighted by molar-refractivity contribution is -0.137. The van der Waals surface area contributed by atoms with Crippen LogP contribution < -0.4 is 4.74 Å². The maximum absolute atomic E-state index is 11.7. The van der Waals surface area contributed by atoms with Crippen LogP contribution in [0.25, 0.3) is 0 Å². The van der Waals surface area contributed by atoms with Crippen LogP contribution in [0.2, 0.25) is 0 Å². The third kappa shape index (κ3) is 5.55. The molecule has 0 radical (unpaired) electrons. The molecule has 0 saturated carbocycles. The number of ketones is 1. The number of hydrogen-bond acceptors (Lipinski definition) is 3. The SMILES string of the molecule is CCC(=O)c1ccccc1OCCCCCC(=O)O. The minimum Gasteiger partial charge on any atom is -0.493 e. The Morgan fingerprint density at radius 2 is 1.89 bits per heavy atom. The Bertz CT molecular complexity index is 426. The van der Waals surface area contributed by atoms with Crippen LogP contribution in [0.1, 0.15) is 49.4 Å². The van der Waals surface area contributed by atoms with Crippen LogP contribution in [0.5, 0.6) is 5.75 Å². The predicted octanol–water partition coefficient (Wildman–Crippen LogP) is 3.30. The molecule has 0 aromatic heterocycles. The lowest BCUT2D eigenvalue weighted by Gasteiger charge is -2.09. The molecule has 4 heteroatoms. The first-order valence-corrected chi connectivity index (χ1v) is 6.62. The monoisotopic (exact) mass is 264 g/mol. The van der Waals surface area contributed by atoms with Crippen molar-refractivity contribution < 1.29 is 19.4 Å². The first kappa shape index (κ1) is 15.2. The summed E-state index contributed by atoms with van der Waals surface area (Å²) >= 11 is 0. The molecule has 19 heavy (non-hydrogen) atoms. The smallest absolute Gasteiger partial charge is 0.303 e. The van der Waals surface area contributed by atoms with Gasteiger partial charge in [-0.1, -0.05) is 19.1 Å². The van der Waals surface area contributed by atoms with Gasteiger partial charge < -0.3 is 9.84 Å². The molecule has 104 valence electrons. The third-order valence-corrected chi connectivity index (χ3v) is 2.80. The summed E-state index contributed by atoms with van der Waals surface area (Å²) in [6.45, 7) is 2.33. The van der Waals surface area contributed by atoms with Crippen LogP contribution in [-0.4, -0.2) is 23.5 Å². The number of para-hydroxylation sites is 1. The number of carboxylic acid groups (broad SMARTS) is 1. The van der Waals surface area contributed by atoms with Crippen LogP contribution in [-0.2, 0) is 4.79 Å². The first-order chi connectivity index (χ1) is 9.15. The Hall–Kier alpha value is -1.84. The van der Waals surface area contributed by atoms with Crippen LogP contribution >= 0.6 is 0 Å². The summed E-state index contributed by atoms with van der Waals surface area (Å²) in [6, 6.07) is 7.22. The zero-order valence-corrected chi connectivity index (χ0v) is 11.2. The second-order valence-electron chi connectivity index (χ2n) is 4.33. The molecule has 1 rings (SSSR count). The highest BCUT2D eigenvalue weighted by Gasteiger charge is 2.09. The fourth-order valence-corrected chi connectivity index (χ4v) is 1.75. The van der Waals surface area contributed by atoms with E-state index in [0.29, 0.717) is 30.8 Å². The number of unbranched alkanes of at least 4 members (excludes halogenated alkanes) is 2. The fraction of sp³-hybridized carbons (Fsp3) is 0.467. The van der Waals surface area contributed by atoms with E-state index < -0.39 is 5.97 Å². The van der Waals surface area contributed by atoms with E-state index in [1.165, 1.54) is 0 Å². The van der Waals surface area contributed by atoms with Crippen molar-refractivity contribution in [1.29, 1.82) is 0 Å². The summed E-state index contributed by atoms with van der Waals surface area (Å²) in [5.74, 6) is -0.0751. The molecule has 0 heterocycles. The topological polar surface area (TPSA) is 63.6 Å². The zero-order valence-electron chi connectivity index (χ0n) is 11.2. The second kappa shape index (κ2) is 8.29. The zero-order chi connectivity index (χ0) is 14.1. The van der Waals surface area contributed by atoms with E-state index in [9.17, 15) is 9.59 Å². The number of ether oxygens (including phenoxy) is 1. The Morgan fingerprint density at radius 1 is 1.16 bits per heavy atom. The highest BCUT2D eigenvalue weighted by atomic mass is 16.5. The van der Waals surface area contributed by atoms with Crippen molar-refractivity contribution in [3.05, 3.63) is 29.8 Å². The summed E-state index contributed by atoms with van der Waals surface area (Å²) < 4.78 is 5.60. The van der Waals surface area contributed by atoms with Crippen molar-refractivity contribution in [1.82, 2.24) is 0 Å². The molecular weight excluding hydrogens is 244 g/mol. The van der Waals surface area contributed by atoms with E-state index in [2.05, 4.69) is 0 Å². The molecule has 0 atom stereocenters. The molecule has 0 unspecified atom stereocenters. The molecule has 0 fully saturated rings. The molecular formula is C15H20O4. The number of aliphatic carboxylic acids is 1. The van der Waals surface area contributed by atoms with Crippen molar-refractivity contribution >= 4 is 11.8 Å². The molecule has 0 aliphatic carbocycles. The van der Waals surface area contributed by atoms with Gasteiger partial charge in [-0.25, -0.2) is 0 Å². The number of carbonyl (C=O) groups excluding carboxylic acids is 1. The lowest BCUT2D eigenvalue weighted by atomic mass is 10.1. The highest BCUT2D eigenvalue weighted by Crippen LogP contribution is 2.20. The van der Waals surface area contributed by atoms with Crippen LogP contribution in [0, 0.1) is 0 Å². The normalized spacial score (nSPS) is 10.2. The average Bonchev–Trinajstić information content (AvgIpc) is 2.42. The molecule has 1 aromatic carbocycles. The summed E-state index contributed by atoms with van der Waals surface area (Å²) in [4.78, 5) is 22.0. The minimum absolute atomic E-state index is 0.0708. The summed E-state index contributed by atoms with van der Waals surface area (Å²) in [6.07, 6.45) is 2.93. The molecule has 0 amide bonds. The van der Waals surface area contributed by atoms with Crippen molar-refractivity contribution in [3.8, 4) is 5.75 Å². The van der Waals surface area contributed by atoms with E-state index in [0.717, 1.165) is 12.8 Å². The molecule has 0 saturated heterocycles. The molecule has 0 aliphatic heterocycles. The van der Waals surface area contributed by atoms with Gasteiger partial charge in [0.25, 0.3) is 0 Å². The number of carboxylic acids is 1. The van der Waals surface area contributed by atoms with Crippen molar-refractivity contribution in [2.45, 2.75) is 39.0 Å². The lowest BCUT2D eigenvalue weighted by Crippen LogP contribution is -2.04. The number of hydrogen-bond donors (Lipinski definition) is 1. The van der Waals surface area contributed by atoms with Gasteiger partial charge in [-0.05, 0) is 31.4 Å². The van der Waals surface area contributed by atoms with E-state index in [4.69, 9.17) is 9.84 Å². The number of carbonyl (C=O) groups is 2. The van der Waals surface area contributed by atoms with Gasteiger partial charge in [0.15, 0.2) is 5.78 Å². The van der Waals surface area contributed by atoms with E-state index in [1.54, 1.807) is 12.1 Å². The quantitative estimate of drug-likeness (QED) is 0.549. The Morgan fingerprint density at radius 3 is 2.58 bits per heavy atom. The summed E-state index contributed by atoms with van der Waals surface area (Å²) in [7, 11) is 0. The Labute approximate surface area is 113 Å². The highest BCUT2D eigenvalue weighted by molar-refractivity contribution is 5.98. The average molecular weight is 264 g/mol. The van der Waals surface area contributed by atoms with E-state index in [1.807, 2.05) is 19.1 Å². The number of benzene rings is 1. The van der Waals surface area contributed by atoms with E-state index >= 15 is 0 Å². The van der Waals surface area contributed by atoms with Gasteiger partial charge in [0.2, 0.25) is 0 Å². The van der Waals surface area contributed by atoms with Gasteiger partial charge in [0, 0.05) is 12.8 Å². The van der Waals surface area contributed by atoms with Gasteiger partial charge in [-0.15, -0.1) is 0 Å². The van der Waals surface area contributed by atoms with Gasteiger partial charge in [-0.2, -0.15) is 0 Å². The predicted molar refractivity (Wildman–Crippen MR) is 72.7 cm³/mol. The van der Waals surface area contributed by atoms with E-state index in [-0.39, 0.29) is 12.2 Å². The fourth-order valence-electron chi connectivity index (χ4n) is 1.75. The Balaban J connectivity index is 2.37. The standard InChI is InChI=1S/C15H20O4/c1-2-13(16)12-8-5-6-9-14(12)19-11-7-3-4-10-15(17)18/h5-6,8-9H,2-4,7,10-11H2,1H3,(H,17,18). The second-order valence-corrected chi connectivity index (χ2v) is 4.33. The first-order valence-electron chi connectivity index (χ1n) is 6.62. The van der Waals surface area contributed by atoms with Gasteiger partial charge in [0.1, 0.15) is 5.75 Å². The largest absolute Gasteiger partial charge is 0.493 e. The molecule has 0 spiro atoms. The number of Topliss-reactive ketones (excluding diaryl/α,β-unsaturated/α-hetero) is 1. The molecule has 0 aliphatic rings. The van der Waals surface area contributed by atoms with Crippen molar-refractivity contribution in [2.24, 2.45) is 0 Å². The van der Waals surface area contributed by atoms with Crippen molar-refractivity contribution in [2.75, 3.05) is 6.61 Å².